The third kappa shape index (κ3) is 3.80. The van der Waals surface area contributed by atoms with E-state index in [1.165, 1.54) is 12.8 Å². The van der Waals surface area contributed by atoms with E-state index in [-0.39, 0.29) is 23.6 Å². The minimum absolute atomic E-state index is 0.00412. The van der Waals surface area contributed by atoms with Crippen molar-refractivity contribution in [2.75, 3.05) is 48.0 Å². The first-order valence-corrected chi connectivity index (χ1v) is 10.6. The van der Waals surface area contributed by atoms with Gasteiger partial charge in [0.25, 0.3) is 0 Å². The summed E-state index contributed by atoms with van der Waals surface area (Å²) >= 11 is 0. The lowest BCUT2D eigenvalue weighted by Crippen LogP contribution is -2.57. The molecule has 0 spiro atoms. The van der Waals surface area contributed by atoms with Crippen LogP contribution in [0.2, 0.25) is 0 Å². The van der Waals surface area contributed by atoms with Gasteiger partial charge in [-0.3, -0.25) is 0 Å². The van der Waals surface area contributed by atoms with Gasteiger partial charge >= 0.3 is 0 Å². The van der Waals surface area contributed by atoms with Gasteiger partial charge < -0.3 is 15.1 Å². The normalized spacial score (nSPS) is 25.5. The molecule has 1 aromatic rings. The minimum Gasteiger partial charge on any atom is -0.350 e. The van der Waals surface area contributed by atoms with Gasteiger partial charge in [0, 0.05) is 38.9 Å². The predicted octanol–water partition coefficient (Wildman–Crippen LogP) is 0.678. The number of unbranched alkanes of at least 4 members (excludes halogenated alkanes) is 2. The molecule has 0 aromatic carbocycles. The fraction of sp³-hybridized carbons (Fsp3) is 0.750. The fourth-order valence-corrected chi connectivity index (χ4v) is 5.49. The zero-order valence-corrected chi connectivity index (χ0v) is 15.3. The molecule has 0 unspecified atom stereocenters. The summed E-state index contributed by atoms with van der Waals surface area (Å²) in [6.07, 6.45) is 5.28. The van der Waals surface area contributed by atoms with E-state index in [4.69, 9.17) is 4.98 Å². The average molecular weight is 353 g/mol. The Kier molecular flexibility index (Phi) is 5.24. The molecule has 2 aliphatic heterocycles. The number of aromatic nitrogens is 2. The Labute approximate surface area is 144 Å². The first-order chi connectivity index (χ1) is 11.5. The zero-order chi connectivity index (χ0) is 17.2. The lowest BCUT2D eigenvalue weighted by molar-refractivity contribution is 0.422. The van der Waals surface area contributed by atoms with Gasteiger partial charge in [-0.25, -0.2) is 13.4 Å². The molecule has 7 nitrogen and oxygen atoms in total. The summed E-state index contributed by atoms with van der Waals surface area (Å²) in [5.74, 6) is 1.97. The second kappa shape index (κ2) is 7.23. The van der Waals surface area contributed by atoms with Crippen molar-refractivity contribution in [3.05, 3.63) is 12.3 Å². The monoisotopic (exact) mass is 353 g/mol. The number of hydrogen-bond donors (Lipinski definition) is 1. The van der Waals surface area contributed by atoms with E-state index < -0.39 is 9.84 Å². The van der Waals surface area contributed by atoms with Gasteiger partial charge in [0.2, 0.25) is 5.95 Å². The highest BCUT2D eigenvalue weighted by Gasteiger charge is 2.43. The largest absolute Gasteiger partial charge is 0.350 e. The quantitative estimate of drug-likeness (QED) is 0.753. The van der Waals surface area contributed by atoms with Crippen LogP contribution in [-0.2, 0) is 9.84 Å². The van der Waals surface area contributed by atoms with Crippen molar-refractivity contribution in [1.29, 1.82) is 0 Å². The van der Waals surface area contributed by atoms with Crippen LogP contribution in [0, 0.1) is 0 Å². The maximum absolute atomic E-state index is 12.0. The van der Waals surface area contributed by atoms with Crippen LogP contribution in [-0.4, -0.2) is 68.7 Å². The van der Waals surface area contributed by atoms with E-state index in [9.17, 15) is 8.42 Å². The summed E-state index contributed by atoms with van der Waals surface area (Å²) in [4.78, 5) is 13.3. The van der Waals surface area contributed by atoms with E-state index in [1.807, 2.05) is 13.1 Å². The summed E-state index contributed by atoms with van der Waals surface area (Å²) in [5, 5.41) is 3.33. The van der Waals surface area contributed by atoms with Crippen molar-refractivity contribution in [3.8, 4) is 0 Å². The molecule has 24 heavy (non-hydrogen) atoms. The molecular weight excluding hydrogens is 326 g/mol. The van der Waals surface area contributed by atoms with Gasteiger partial charge in [-0.15, -0.1) is 0 Å². The summed E-state index contributed by atoms with van der Waals surface area (Å²) in [6.45, 7) is 4.67. The van der Waals surface area contributed by atoms with Crippen molar-refractivity contribution in [1.82, 2.24) is 15.3 Å². The van der Waals surface area contributed by atoms with Crippen LogP contribution in [0.4, 0.5) is 11.8 Å². The number of anilines is 2. The van der Waals surface area contributed by atoms with Crippen LogP contribution in [0.25, 0.3) is 0 Å². The Morgan fingerprint density at radius 1 is 1.38 bits per heavy atom. The van der Waals surface area contributed by atoms with Gasteiger partial charge in [-0.05, 0) is 12.5 Å². The molecule has 0 aliphatic carbocycles. The Morgan fingerprint density at radius 3 is 3.00 bits per heavy atom. The zero-order valence-electron chi connectivity index (χ0n) is 14.5. The Hall–Kier alpha value is -1.41. The lowest BCUT2D eigenvalue weighted by Gasteiger charge is -2.38. The molecule has 0 radical (unpaired) electrons. The van der Waals surface area contributed by atoms with E-state index in [2.05, 4.69) is 27.0 Å². The lowest BCUT2D eigenvalue weighted by atomic mass is 10.1. The molecule has 3 heterocycles. The number of sulfone groups is 1. The Bertz CT molecular complexity index is 666. The summed E-state index contributed by atoms with van der Waals surface area (Å²) in [6, 6.07) is 1.86. The van der Waals surface area contributed by atoms with E-state index in [0.717, 1.165) is 31.9 Å². The van der Waals surface area contributed by atoms with Crippen LogP contribution in [0.3, 0.4) is 0 Å². The molecule has 8 heteroatoms. The molecule has 2 aliphatic rings. The van der Waals surface area contributed by atoms with Gasteiger partial charge in [-0.1, -0.05) is 19.8 Å². The number of hydrogen-bond acceptors (Lipinski definition) is 7. The highest BCUT2D eigenvalue weighted by Crippen LogP contribution is 2.26. The number of piperazine rings is 1. The Balaban J connectivity index is 1.75. The Morgan fingerprint density at radius 2 is 2.21 bits per heavy atom. The van der Waals surface area contributed by atoms with Crippen molar-refractivity contribution < 1.29 is 8.42 Å². The van der Waals surface area contributed by atoms with Crippen LogP contribution in [0.15, 0.2) is 12.3 Å². The molecule has 1 aromatic heterocycles. The first kappa shape index (κ1) is 17.4. The number of fused-ring (bicyclic) bond motifs is 1. The van der Waals surface area contributed by atoms with Gasteiger partial charge in [0.15, 0.2) is 9.84 Å². The second-order valence-corrected chi connectivity index (χ2v) is 8.90. The summed E-state index contributed by atoms with van der Waals surface area (Å²) in [5.41, 5.74) is 0. The van der Waals surface area contributed by atoms with Crippen LogP contribution in [0.1, 0.15) is 26.2 Å². The third-order valence-corrected chi connectivity index (χ3v) is 6.56. The highest BCUT2D eigenvalue weighted by atomic mass is 32.2. The SMILES string of the molecule is CCCCCN(C)c1nccc(N2CCN[C@H]3CS(=O)(=O)C[C@H]32)n1. The molecule has 2 fully saturated rings. The molecule has 0 saturated carbocycles. The number of rotatable bonds is 6. The van der Waals surface area contributed by atoms with Crippen LogP contribution in [0.5, 0.6) is 0 Å². The van der Waals surface area contributed by atoms with Crippen molar-refractivity contribution >= 4 is 21.6 Å². The number of nitrogens with zero attached hydrogens (tertiary/aromatic N) is 4. The minimum atomic E-state index is -2.97. The van der Waals surface area contributed by atoms with Crippen molar-refractivity contribution in [3.63, 3.8) is 0 Å². The topological polar surface area (TPSA) is 78.4 Å². The van der Waals surface area contributed by atoms with Gasteiger partial charge in [0.05, 0.1) is 17.5 Å². The molecule has 2 atom stereocenters. The van der Waals surface area contributed by atoms with Crippen LogP contribution < -0.4 is 15.1 Å². The predicted molar refractivity (Wildman–Crippen MR) is 96.4 cm³/mol. The molecule has 134 valence electrons. The van der Waals surface area contributed by atoms with E-state index in [0.29, 0.717) is 5.95 Å². The molecule has 0 bridgehead atoms. The van der Waals surface area contributed by atoms with Crippen LogP contribution >= 0.6 is 0 Å². The smallest absolute Gasteiger partial charge is 0.226 e. The van der Waals surface area contributed by atoms with Crippen molar-refractivity contribution in [2.45, 2.75) is 38.3 Å². The molecule has 3 rings (SSSR count). The molecule has 2 saturated heterocycles. The number of nitrogens with one attached hydrogen (secondary N) is 1. The first-order valence-electron chi connectivity index (χ1n) is 8.75. The van der Waals surface area contributed by atoms with E-state index >= 15 is 0 Å². The maximum Gasteiger partial charge on any atom is 0.226 e. The third-order valence-electron chi connectivity index (χ3n) is 4.84. The fourth-order valence-electron chi connectivity index (χ4n) is 3.53. The average Bonchev–Trinajstić information content (AvgIpc) is 2.88. The molecule has 1 N–H and O–H groups in total. The van der Waals surface area contributed by atoms with E-state index in [1.54, 1.807) is 6.20 Å². The maximum atomic E-state index is 12.0. The summed E-state index contributed by atoms with van der Waals surface area (Å²) < 4.78 is 24.0. The highest BCUT2D eigenvalue weighted by molar-refractivity contribution is 7.91. The summed E-state index contributed by atoms with van der Waals surface area (Å²) in [7, 11) is -0.960. The second-order valence-electron chi connectivity index (χ2n) is 6.74. The van der Waals surface area contributed by atoms with Gasteiger partial charge in [-0.2, -0.15) is 4.98 Å². The molecule has 0 amide bonds. The molecular formula is C16H27N5O2S. The van der Waals surface area contributed by atoms with Gasteiger partial charge in [0.1, 0.15) is 5.82 Å². The van der Waals surface area contributed by atoms with Crippen molar-refractivity contribution in [2.24, 2.45) is 0 Å². The standard InChI is InChI=1S/C16H27N5O2S/c1-3-4-5-9-20(2)16-18-7-6-15(19-16)21-10-8-17-13-11-24(22,23)12-14(13)21/h6-7,13-14,17H,3-5,8-12H2,1-2H3/t13-,14+/m0/s1.